The molecule has 1 unspecified atom stereocenters. The number of ether oxygens (including phenoxy) is 1. The molecule has 0 radical (unpaired) electrons. The number of hydrogen-bond donors (Lipinski definition) is 0. The molecule has 2 rings (SSSR count). The van der Waals surface area contributed by atoms with Crippen molar-refractivity contribution in [2.24, 2.45) is 0 Å². The van der Waals surface area contributed by atoms with E-state index in [2.05, 4.69) is 80.6 Å². The third-order valence-electron chi connectivity index (χ3n) is 8.76. The van der Waals surface area contributed by atoms with E-state index < -0.39 is 14.4 Å². The van der Waals surface area contributed by atoms with Crippen molar-refractivity contribution in [1.82, 2.24) is 0 Å². The van der Waals surface area contributed by atoms with E-state index in [1.807, 2.05) is 6.92 Å². The maximum Gasteiger partial charge on any atom is 0.266 e. The van der Waals surface area contributed by atoms with Crippen LogP contribution in [0.2, 0.25) is 18.1 Å². The largest absolute Gasteiger partial charge is 0.543 e. The van der Waals surface area contributed by atoms with Crippen LogP contribution in [0.3, 0.4) is 0 Å². The molecular weight excluding hydrogens is 494 g/mol. The van der Waals surface area contributed by atoms with Gasteiger partial charge in [0.1, 0.15) is 17.1 Å². The topological polar surface area (TPSA) is 18.5 Å². The summed E-state index contributed by atoms with van der Waals surface area (Å²) in [4.78, 5) is 0. The van der Waals surface area contributed by atoms with E-state index in [9.17, 15) is 8.78 Å². The zero-order chi connectivity index (χ0) is 28.9. The number of halogens is 2. The molecule has 0 N–H and O–H groups in total. The Hall–Kier alpha value is -1.88. The molecule has 1 aromatic rings. The van der Waals surface area contributed by atoms with Crippen LogP contribution in [0.4, 0.5) is 8.78 Å². The van der Waals surface area contributed by atoms with Crippen molar-refractivity contribution in [2.75, 3.05) is 0 Å². The molecule has 1 atom stereocenters. The highest BCUT2D eigenvalue weighted by Crippen LogP contribution is 2.47. The molecule has 0 aromatic heterocycles. The van der Waals surface area contributed by atoms with Gasteiger partial charge in [0.15, 0.2) is 0 Å². The average Bonchev–Trinajstić information content (AvgIpc) is 2.79. The molecule has 5 heteroatoms. The van der Waals surface area contributed by atoms with Gasteiger partial charge in [0, 0.05) is 5.56 Å². The van der Waals surface area contributed by atoms with Gasteiger partial charge in [-0.15, -0.1) is 0 Å². The van der Waals surface area contributed by atoms with Gasteiger partial charge >= 0.3 is 0 Å². The first kappa shape index (κ1) is 32.3. The molecule has 0 saturated carbocycles. The lowest BCUT2D eigenvalue weighted by molar-refractivity contribution is 0.0559. The Balaban J connectivity index is 2.04. The minimum Gasteiger partial charge on any atom is -0.543 e. The van der Waals surface area contributed by atoms with Crippen LogP contribution in [-0.2, 0) is 6.42 Å². The van der Waals surface area contributed by atoms with Gasteiger partial charge in [0.25, 0.3) is 14.4 Å². The zero-order valence-corrected chi connectivity index (χ0v) is 27.0. The molecule has 1 aliphatic rings. The molecule has 1 aromatic carbocycles. The fraction of sp³-hybridized carbons (Fsp3) is 0.636. The van der Waals surface area contributed by atoms with Crippen molar-refractivity contribution in [2.45, 2.75) is 137 Å². The van der Waals surface area contributed by atoms with Gasteiger partial charge in [-0.2, -0.15) is 8.78 Å². The fourth-order valence-corrected chi connectivity index (χ4v) is 5.92. The van der Waals surface area contributed by atoms with Gasteiger partial charge in [0.05, 0.1) is 0 Å². The van der Waals surface area contributed by atoms with Gasteiger partial charge in [-0.25, -0.2) is 0 Å². The second-order valence-electron chi connectivity index (χ2n) is 13.1. The second-order valence-corrected chi connectivity index (χ2v) is 17.9. The predicted octanol–water partition coefficient (Wildman–Crippen LogP) is 11.1. The van der Waals surface area contributed by atoms with E-state index in [1.54, 1.807) is 0 Å². The monoisotopic (exact) mass is 546 g/mol. The van der Waals surface area contributed by atoms with Gasteiger partial charge in [0.2, 0.25) is 0 Å². The number of allylic oxidation sites excluding steroid dienone is 5. The third kappa shape index (κ3) is 8.56. The summed E-state index contributed by atoms with van der Waals surface area (Å²) < 4.78 is 38.0. The zero-order valence-electron chi connectivity index (χ0n) is 26.0. The van der Waals surface area contributed by atoms with Crippen LogP contribution in [0.25, 0.3) is 0 Å². The smallest absolute Gasteiger partial charge is 0.266 e. The molecule has 214 valence electrons. The van der Waals surface area contributed by atoms with Crippen molar-refractivity contribution < 1.29 is 17.9 Å². The lowest BCUT2D eigenvalue weighted by atomic mass is 9.85. The first-order valence-corrected chi connectivity index (χ1v) is 17.2. The molecule has 2 nitrogen and oxygen atoms in total. The fourth-order valence-electron chi connectivity index (χ4n) is 4.80. The summed E-state index contributed by atoms with van der Waals surface area (Å²) in [6.07, 6.45) is 11.0. The van der Waals surface area contributed by atoms with E-state index in [0.717, 1.165) is 56.1 Å². The number of hydrogen-bond acceptors (Lipinski definition) is 2. The van der Waals surface area contributed by atoms with Crippen LogP contribution < -0.4 is 9.16 Å². The van der Waals surface area contributed by atoms with Crippen LogP contribution in [0.5, 0.6) is 11.5 Å². The Labute approximate surface area is 232 Å². The Morgan fingerprint density at radius 2 is 1.47 bits per heavy atom. The van der Waals surface area contributed by atoms with Crippen molar-refractivity contribution in [3.8, 4) is 11.5 Å². The second kappa shape index (κ2) is 13.0. The lowest BCUT2D eigenvalue weighted by Crippen LogP contribution is -2.44. The summed E-state index contributed by atoms with van der Waals surface area (Å²) >= 11 is 0. The molecule has 0 fully saturated rings. The van der Waals surface area contributed by atoms with Gasteiger partial charge < -0.3 is 9.16 Å². The normalized spacial score (nSPS) is 18.7. The Morgan fingerprint density at radius 1 is 0.921 bits per heavy atom. The summed E-state index contributed by atoms with van der Waals surface area (Å²) in [7, 11) is -1.94. The average molecular weight is 547 g/mol. The SMILES string of the molecule is C/C(=C\CC/C(C)=C/CCC1(C)CCc2c(C)c(O[Si](C)(C)C(C)(C)C)c(C)c(C)c2O1)CCC=C(F)F. The van der Waals surface area contributed by atoms with Crippen LogP contribution >= 0.6 is 0 Å². The summed E-state index contributed by atoms with van der Waals surface area (Å²) in [5.74, 6) is 2.15. The van der Waals surface area contributed by atoms with Gasteiger partial charge in [-0.05, 0) is 134 Å². The Kier molecular flexibility index (Phi) is 11.0. The van der Waals surface area contributed by atoms with E-state index in [0.29, 0.717) is 12.8 Å². The Morgan fingerprint density at radius 3 is 2.03 bits per heavy atom. The van der Waals surface area contributed by atoms with E-state index in [4.69, 9.17) is 9.16 Å². The van der Waals surface area contributed by atoms with Crippen molar-refractivity contribution in [3.05, 3.63) is 57.7 Å². The van der Waals surface area contributed by atoms with Crippen LogP contribution in [0.15, 0.2) is 35.5 Å². The molecule has 0 spiro atoms. The predicted molar refractivity (Wildman–Crippen MR) is 161 cm³/mol. The van der Waals surface area contributed by atoms with E-state index >= 15 is 0 Å². The lowest BCUT2D eigenvalue weighted by Gasteiger charge is -2.41. The summed E-state index contributed by atoms with van der Waals surface area (Å²) in [6.45, 7) is 24.5. The maximum atomic E-state index is 12.2. The quantitative estimate of drug-likeness (QED) is 0.203. The molecule has 0 bridgehead atoms. The molecule has 1 heterocycles. The standard InChI is InChI=1S/C33H52F2O2Si/c1-23(17-13-19-29(34)35)15-12-16-24(2)18-14-21-33(9)22-20-28-27(5)30(25(3)26(4)31(28)36-33)37-38(10,11)32(6,7)8/h15,18-19H,12-14,16-17,20-22H2,1-11H3/b23-15+,24-18+. The molecule has 0 amide bonds. The highest BCUT2D eigenvalue weighted by atomic mass is 28.4. The summed E-state index contributed by atoms with van der Waals surface area (Å²) in [6, 6.07) is 0. The first-order chi connectivity index (χ1) is 17.5. The number of rotatable bonds is 11. The van der Waals surface area contributed by atoms with Gasteiger partial charge in [-0.3, -0.25) is 0 Å². The van der Waals surface area contributed by atoms with Crippen LogP contribution in [0.1, 0.15) is 109 Å². The summed E-state index contributed by atoms with van der Waals surface area (Å²) in [5.41, 5.74) is 7.36. The number of benzene rings is 1. The van der Waals surface area contributed by atoms with E-state index in [-0.39, 0.29) is 10.6 Å². The molecule has 38 heavy (non-hydrogen) atoms. The van der Waals surface area contributed by atoms with Crippen LogP contribution in [0, 0.1) is 20.8 Å². The summed E-state index contributed by atoms with van der Waals surface area (Å²) in [5, 5.41) is 0.153. The van der Waals surface area contributed by atoms with Gasteiger partial charge in [-0.1, -0.05) is 44.1 Å². The maximum absolute atomic E-state index is 12.2. The third-order valence-corrected chi connectivity index (χ3v) is 13.1. The molecule has 0 saturated heterocycles. The number of fused-ring (bicyclic) bond motifs is 1. The molecule has 1 aliphatic heterocycles. The minimum atomic E-state index is -1.94. The van der Waals surface area contributed by atoms with E-state index in [1.165, 1.54) is 33.4 Å². The Bertz CT molecular complexity index is 1070. The molecule has 0 aliphatic carbocycles. The minimum absolute atomic E-state index is 0.153. The highest BCUT2D eigenvalue weighted by Gasteiger charge is 2.41. The highest BCUT2D eigenvalue weighted by molar-refractivity contribution is 6.74. The first-order valence-electron chi connectivity index (χ1n) is 14.3. The van der Waals surface area contributed by atoms with Crippen molar-refractivity contribution in [1.29, 1.82) is 0 Å². The van der Waals surface area contributed by atoms with Crippen molar-refractivity contribution >= 4 is 8.32 Å². The van der Waals surface area contributed by atoms with Crippen molar-refractivity contribution in [3.63, 3.8) is 0 Å². The van der Waals surface area contributed by atoms with Crippen LogP contribution in [-0.4, -0.2) is 13.9 Å². The molecular formula is C33H52F2O2Si.